The summed E-state index contributed by atoms with van der Waals surface area (Å²) in [6.45, 7) is 5.44. The zero-order chi connectivity index (χ0) is 22.3. The van der Waals surface area contributed by atoms with Crippen LogP contribution in [0.5, 0.6) is 0 Å². The van der Waals surface area contributed by atoms with Gasteiger partial charge in [0.15, 0.2) is 5.13 Å². The summed E-state index contributed by atoms with van der Waals surface area (Å²) in [5, 5.41) is 5.51. The number of amides is 2. The van der Waals surface area contributed by atoms with Crippen LogP contribution in [0, 0.1) is 13.8 Å². The SMILES string of the molecule is CCOC(=O)c1sc(NC(=O)CCNC(=O)c2ccc(C)c(C(=O)OC)c2)nc1C. The van der Waals surface area contributed by atoms with Crippen LogP contribution in [0.3, 0.4) is 0 Å². The summed E-state index contributed by atoms with van der Waals surface area (Å²) in [7, 11) is 1.27. The van der Waals surface area contributed by atoms with Crippen LogP contribution in [0.15, 0.2) is 18.2 Å². The molecule has 0 aliphatic carbocycles. The Bertz CT molecular complexity index is 969. The van der Waals surface area contributed by atoms with Gasteiger partial charge in [-0.3, -0.25) is 9.59 Å². The van der Waals surface area contributed by atoms with Crippen LogP contribution in [0.4, 0.5) is 5.13 Å². The number of carbonyl (C=O) groups excluding carboxylic acids is 4. The second-order valence-electron chi connectivity index (χ2n) is 6.23. The van der Waals surface area contributed by atoms with E-state index in [0.717, 1.165) is 11.3 Å². The van der Waals surface area contributed by atoms with Crippen molar-refractivity contribution in [3.63, 3.8) is 0 Å². The molecular formula is C20H23N3O6S. The van der Waals surface area contributed by atoms with Crippen LogP contribution < -0.4 is 10.6 Å². The van der Waals surface area contributed by atoms with Crippen molar-refractivity contribution in [2.75, 3.05) is 25.6 Å². The number of thiazole rings is 1. The molecule has 1 aromatic carbocycles. The molecule has 1 heterocycles. The van der Waals surface area contributed by atoms with Gasteiger partial charge in [0.25, 0.3) is 5.91 Å². The Labute approximate surface area is 177 Å². The number of nitrogens with one attached hydrogen (secondary N) is 2. The fourth-order valence-electron chi connectivity index (χ4n) is 2.50. The molecule has 0 radical (unpaired) electrons. The van der Waals surface area contributed by atoms with Crippen LogP contribution in [0.1, 0.15) is 55.0 Å². The van der Waals surface area contributed by atoms with Crippen molar-refractivity contribution >= 4 is 40.2 Å². The summed E-state index contributed by atoms with van der Waals surface area (Å²) in [5.74, 6) is -1.78. The highest BCUT2D eigenvalue weighted by Crippen LogP contribution is 2.23. The summed E-state index contributed by atoms with van der Waals surface area (Å²) in [6, 6.07) is 4.69. The van der Waals surface area contributed by atoms with E-state index in [-0.39, 0.29) is 36.2 Å². The summed E-state index contributed by atoms with van der Waals surface area (Å²) >= 11 is 1.03. The first-order valence-electron chi connectivity index (χ1n) is 9.18. The molecule has 2 amide bonds. The first-order chi connectivity index (χ1) is 14.3. The van der Waals surface area contributed by atoms with Crippen molar-refractivity contribution in [1.82, 2.24) is 10.3 Å². The molecule has 9 nitrogen and oxygen atoms in total. The van der Waals surface area contributed by atoms with E-state index in [1.807, 2.05) is 0 Å². The molecule has 2 N–H and O–H groups in total. The lowest BCUT2D eigenvalue weighted by molar-refractivity contribution is -0.116. The highest BCUT2D eigenvalue weighted by molar-refractivity contribution is 7.17. The highest BCUT2D eigenvalue weighted by Gasteiger charge is 2.18. The van der Waals surface area contributed by atoms with Gasteiger partial charge in [0.05, 0.1) is 25.0 Å². The van der Waals surface area contributed by atoms with Crippen molar-refractivity contribution in [3.05, 3.63) is 45.5 Å². The molecule has 160 valence electrons. The molecule has 1 aromatic heterocycles. The number of anilines is 1. The van der Waals surface area contributed by atoms with Gasteiger partial charge in [-0.05, 0) is 38.5 Å². The van der Waals surface area contributed by atoms with E-state index in [1.54, 1.807) is 32.9 Å². The maximum absolute atomic E-state index is 12.3. The van der Waals surface area contributed by atoms with Gasteiger partial charge in [-0.1, -0.05) is 17.4 Å². The van der Waals surface area contributed by atoms with Crippen LogP contribution in [-0.2, 0) is 14.3 Å². The van der Waals surface area contributed by atoms with Crippen molar-refractivity contribution in [2.24, 2.45) is 0 Å². The van der Waals surface area contributed by atoms with E-state index >= 15 is 0 Å². The number of hydrogen-bond donors (Lipinski definition) is 2. The number of ether oxygens (including phenoxy) is 2. The Morgan fingerprint density at radius 2 is 1.87 bits per heavy atom. The minimum absolute atomic E-state index is 0.00876. The lowest BCUT2D eigenvalue weighted by Crippen LogP contribution is -2.28. The van der Waals surface area contributed by atoms with Crippen LogP contribution >= 0.6 is 11.3 Å². The second kappa shape index (κ2) is 10.5. The molecule has 0 unspecified atom stereocenters. The second-order valence-corrected chi connectivity index (χ2v) is 7.23. The number of aromatic nitrogens is 1. The minimum atomic E-state index is -0.526. The molecule has 10 heteroatoms. The molecule has 0 aliphatic rings. The van der Waals surface area contributed by atoms with E-state index < -0.39 is 17.8 Å². The van der Waals surface area contributed by atoms with Crippen LogP contribution in [0.25, 0.3) is 0 Å². The predicted molar refractivity (Wildman–Crippen MR) is 111 cm³/mol. The summed E-state index contributed by atoms with van der Waals surface area (Å²) in [5.41, 5.74) is 1.76. The largest absolute Gasteiger partial charge is 0.465 e. The Balaban J connectivity index is 1.89. The van der Waals surface area contributed by atoms with Gasteiger partial charge in [-0.2, -0.15) is 0 Å². The number of aryl methyl sites for hydroxylation is 2. The summed E-state index contributed by atoms with van der Waals surface area (Å²) < 4.78 is 9.64. The average Bonchev–Trinajstić information content (AvgIpc) is 3.07. The van der Waals surface area contributed by atoms with Gasteiger partial charge < -0.3 is 20.1 Å². The first kappa shape index (κ1) is 23.0. The van der Waals surface area contributed by atoms with Crippen LogP contribution in [-0.4, -0.2) is 49.0 Å². The summed E-state index contributed by atoms with van der Waals surface area (Å²) in [4.78, 5) is 52.4. The monoisotopic (exact) mass is 433 g/mol. The third-order valence-corrected chi connectivity index (χ3v) is 5.10. The molecule has 30 heavy (non-hydrogen) atoms. The fourth-order valence-corrected chi connectivity index (χ4v) is 3.38. The molecule has 0 fully saturated rings. The normalized spacial score (nSPS) is 10.3. The summed E-state index contributed by atoms with van der Waals surface area (Å²) in [6.07, 6.45) is 0.00876. The lowest BCUT2D eigenvalue weighted by Gasteiger charge is -2.08. The topological polar surface area (TPSA) is 124 Å². The molecule has 0 saturated heterocycles. The minimum Gasteiger partial charge on any atom is -0.465 e. The van der Waals surface area contributed by atoms with Crippen LogP contribution in [0.2, 0.25) is 0 Å². The number of methoxy groups -OCH3 is 1. The lowest BCUT2D eigenvalue weighted by atomic mass is 10.0. The Morgan fingerprint density at radius 1 is 1.13 bits per heavy atom. The maximum atomic E-state index is 12.3. The molecule has 0 saturated carbocycles. The fraction of sp³-hybridized carbons (Fsp3) is 0.350. The smallest absolute Gasteiger partial charge is 0.350 e. The van der Waals surface area contributed by atoms with Crippen molar-refractivity contribution in [2.45, 2.75) is 27.2 Å². The van der Waals surface area contributed by atoms with Gasteiger partial charge in [0.2, 0.25) is 5.91 Å². The Morgan fingerprint density at radius 3 is 2.53 bits per heavy atom. The molecule has 0 spiro atoms. The number of carbonyl (C=O) groups is 4. The molecule has 0 bridgehead atoms. The van der Waals surface area contributed by atoms with Gasteiger partial charge in [-0.15, -0.1) is 0 Å². The Hall–Kier alpha value is -3.27. The van der Waals surface area contributed by atoms with Crippen molar-refractivity contribution in [1.29, 1.82) is 0 Å². The third-order valence-electron chi connectivity index (χ3n) is 4.05. The maximum Gasteiger partial charge on any atom is 0.350 e. The van der Waals surface area contributed by atoms with E-state index in [4.69, 9.17) is 9.47 Å². The molecule has 2 aromatic rings. The number of benzene rings is 1. The van der Waals surface area contributed by atoms with E-state index in [9.17, 15) is 19.2 Å². The molecule has 0 atom stereocenters. The average molecular weight is 433 g/mol. The number of rotatable bonds is 8. The molecule has 2 rings (SSSR count). The highest BCUT2D eigenvalue weighted by atomic mass is 32.1. The first-order valence-corrected chi connectivity index (χ1v) is 10.00. The zero-order valence-corrected chi connectivity index (χ0v) is 18.0. The number of nitrogens with zero attached hydrogens (tertiary/aromatic N) is 1. The van der Waals surface area contributed by atoms with E-state index in [1.165, 1.54) is 13.2 Å². The van der Waals surface area contributed by atoms with Gasteiger partial charge in [0.1, 0.15) is 4.88 Å². The van der Waals surface area contributed by atoms with E-state index in [2.05, 4.69) is 15.6 Å². The van der Waals surface area contributed by atoms with Crippen molar-refractivity contribution < 1.29 is 28.7 Å². The zero-order valence-electron chi connectivity index (χ0n) is 17.2. The van der Waals surface area contributed by atoms with Gasteiger partial charge in [-0.25, -0.2) is 14.6 Å². The number of hydrogen-bond acceptors (Lipinski definition) is 8. The standard InChI is InChI=1S/C20H23N3O6S/c1-5-29-19(27)16-12(3)22-20(30-16)23-15(24)8-9-21-17(25)13-7-6-11(2)14(10-13)18(26)28-4/h6-7,10H,5,8-9H2,1-4H3,(H,21,25)(H,22,23,24). The quantitative estimate of drug-likeness (QED) is 0.613. The van der Waals surface area contributed by atoms with Gasteiger partial charge >= 0.3 is 11.9 Å². The van der Waals surface area contributed by atoms with E-state index in [0.29, 0.717) is 21.7 Å². The Kier molecular flexibility index (Phi) is 8.05. The molecular weight excluding hydrogens is 410 g/mol. The van der Waals surface area contributed by atoms with Crippen molar-refractivity contribution in [3.8, 4) is 0 Å². The predicted octanol–water partition coefficient (Wildman–Crippen LogP) is 2.48. The third kappa shape index (κ3) is 5.86. The molecule has 0 aliphatic heterocycles. The van der Waals surface area contributed by atoms with Gasteiger partial charge in [0, 0.05) is 18.5 Å². The number of esters is 2.